The number of benzene rings is 1. The highest BCUT2D eigenvalue weighted by molar-refractivity contribution is 7.89. The van der Waals surface area contributed by atoms with Gasteiger partial charge in [0.15, 0.2) is 0 Å². The molecule has 2 aliphatic heterocycles. The molecular weight excluding hydrogens is 524 g/mol. The number of anilines is 1. The summed E-state index contributed by atoms with van der Waals surface area (Å²) in [6, 6.07) is 9.33. The fourth-order valence-electron chi connectivity index (χ4n) is 4.14. The van der Waals surface area contributed by atoms with E-state index >= 15 is 0 Å². The van der Waals surface area contributed by atoms with Gasteiger partial charge in [-0.2, -0.15) is 5.26 Å². The van der Waals surface area contributed by atoms with Gasteiger partial charge in [-0.25, -0.2) is 23.3 Å². The van der Waals surface area contributed by atoms with E-state index in [-0.39, 0.29) is 35.6 Å². The molecule has 4 rings (SSSR count). The number of amides is 3. The molecule has 2 aromatic rings. The van der Waals surface area contributed by atoms with Gasteiger partial charge >= 0.3 is 6.09 Å². The maximum absolute atomic E-state index is 12.8. The standard InChI is InChI=1S/C26H28N6O6S/c1-26(2,3)24(34)30-22-8-16(9-27)4-5-17(22)15-38-25(35)32-13-18-11-31(12-19(18)14-32)23(33)21-7-6-20(10-29-21)39(28,36)37/h4-8,10-11,19H,12-15H2,1-3H3,(H,30,34)(H2,28,36,37)/t19-/m0/s1. The van der Waals surface area contributed by atoms with Crippen molar-refractivity contribution < 1.29 is 27.5 Å². The molecule has 39 heavy (non-hydrogen) atoms. The summed E-state index contributed by atoms with van der Waals surface area (Å²) < 4.78 is 28.3. The molecule has 2 aliphatic rings. The number of aromatic nitrogens is 1. The minimum atomic E-state index is -3.91. The van der Waals surface area contributed by atoms with Crippen LogP contribution in [0.1, 0.15) is 42.4 Å². The van der Waals surface area contributed by atoms with Crippen LogP contribution < -0.4 is 10.5 Å². The number of carbonyl (C=O) groups is 3. The van der Waals surface area contributed by atoms with Gasteiger partial charge in [0.1, 0.15) is 17.2 Å². The lowest BCUT2D eigenvalue weighted by molar-refractivity contribution is -0.123. The van der Waals surface area contributed by atoms with E-state index in [2.05, 4.69) is 10.3 Å². The van der Waals surface area contributed by atoms with Crippen molar-refractivity contribution in [3.8, 4) is 6.07 Å². The van der Waals surface area contributed by atoms with E-state index in [9.17, 15) is 28.1 Å². The minimum Gasteiger partial charge on any atom is -0.444 e. The Morgan fingerprint density at radius 2 is 1.95 bits per heavy atom. The zero-order chi connectivity index (χ0) is 28.5. The third-order valence-corrected chi connectivity index (χ3v) is 7.30. The summed E-state index contributed by atoms with van der Waals surface area (Å²) in [7, 11) is -3.91. The normalized spacial score (nSPS) is 16.8. The second kappa shape index (κ2) is 10.5. The maximum atomic E-state index is 12.8. The van der Waals surface area contributed by atoms with Gasteiger partial charge in [0.05, 0.1) is 11.6 Å². The molecule has 0 spiro atoms. The van der Waals surface area contributed by atoms with Crippen molar-refractivity contribution in [2.24, 2.45) is 16.5 Å². The second-order valence-electron chi connectivity index (χ2n) is 10.4. The molecule has 1 aromatic heterocycles. The van der Waals surface area contributed by atoms with E-state index in [1.807, 2.05) is 6.07 Å². The van der Waals surface area contributed by atoms with E-state index < -0.39 is 27.4 Å². The van der Waals surface area contributed by atoms with Gasteiger partial charge in [0.2, 0.25) is 15.9 Å². The highest BCUT2D eigenvalue weighted by atomic mass is 32.2. The molecule has 0 bridgehead atoms. The van der Waals surface area contributed by atoms with Crippen LogP contribution in [0.2, 0.25) is 0 Å². The number of nitrogens with one attached hydrogen (secondary N) is 1. The summed E-state index contributed by atoms with van der Waals surface area (Å²) >= 11 is 0. The van der Waals surface area contributed by atoms with Crippen LogP contribution in [-0.2, 0) is 26.2 Å². The van der Waals surface area contributed by atoms with Crippen LogP contribution in [0.5, 0.6) is 0 Å². The summed E-state index contributed by atoms with van der Waals surface area (Å²) in [6.07, 6.45) is 2.18. The molecule has 3 heterocycles. The van der Waals surface area contributed by atoms with Crippen molar-refractivity contribution in [1.82, 2.24) is 14.8 Å². The predicted molar refractivity (Wildman–Crippen MR) is 139 cm³/mol. The fraction of sp³-hybridized carbons (Fsp3) is 0.346. The largest absolute Gasteiger partial charge is 0.444 e. The van der Waals surface area contributed by atoms with Crippen molar-refractivity contribution in [3.63, 3.8) is 0 Å². The molecule has 13 heteroatoms. The van der Waals surface area contributed by atoms with Gasteiger partial charge in [0, 0.05) is 54.6 Å². The van der Waals surface area contributed by atoms with Gasteiger partial charge in [0.25, 0.3) is 5.91 Å². The number of fused-ring (bicyclic) bond motifs is 1. The molecule has 0 saturated carbocycles. The van der Waals surface area contributed by atoms with Crippen molar-refractivity contribution in [3.05, 3.63) is 65.1 Å². The lowest BCUT2D eigenvalue weighted by Crippen LogP contribution is -2.33. The number of sulfonamides is 1. The lowest BCUT2D eigenvalue weighted by atomic mass is 9.95. The average molecular weight is 553 g/mol. The molecule has 204 valence electrons. The molecular formula is C26H28N6O6S. The summed E-state index contributed by atoms with van der Waals surface area (Å²) in [5, 5.41) is 17.1. The lowest BCUT2D eigenvalue weighted by Gasteiger charge is -2.21. The predicted octanol–water partition coefficient (Wildman–Crippen LogP) is 2.19. The van der Waals surface area contributed by atoms with Crippen LogP contribution in [-0.4, -0.2) is 60.7 Å². The number of carbonyl (C=O) groups excluding carboxylic acids is 3. The van der Waals surface area contributed by atoms with Crippen LogP contribution in [0, 0.1) is 22.7 Å². The van der Waals surface area contributed by atoms with E-state index in [0.717, 1.165) is 11.8 Å². The highest BCUT2D eigenvalue weighted by Crippen LogP contribution is 2.31. The number of pyridine rings is 1. The van der Waals surface area contributed by atoms with E-state index in [4.69, 9.17) is 9.88 Å². The van der Waals surface area contributed by atoms with E-state index in [1.54, 1.807) is 45.2 Å². The minimum absolute atomic E-state index is 0.0678. The number of ether oxygens (including phenoxy) is 1. The number of hydrogen-bond acceptors (Lipinski definition) is 8. The monoisotopic (exact) mass is 552 g/mol. The van der Waals surface area contributed by atoms with Gasteiger partial charge < -0.3 is 19.9 Å². The quantitative estimate of drug-likeness (QED) is 0.567. The summed E-state index contributed by atoms with van der Waals surface area (Å²) in [5.41, 5.74) is 1.63. The number of nitriles is 1. The first kappa shape index (κ1) is 27.7. The van der Waals surface area contributed by atoms with Crippen LogP contribution in [0.4, 0.5) is 10.5 Å². The molecule has 1 atom stereocenters. The SMILES string of the molecule is CC(C)(C)C(=O)Nc1cc(C#N)ccc1COC(=O)N1CC2=CN(C(=O)c3ccc(S(N)(=O)=O)cn3)C[C@H]2C1. The van der Waals surface area contributed by atoms with Gasteiger partial charge in [-0.1, -0.05) is 26.8 Å². The zero-order valence-electron chi connectivity index (χ0n) is 21.7. The first-order valence-corrected chi connectivity index (χ1v) is 13.6. The zero-order valence-corrected chi connectivity index (χ0v) is 22.5. The molecule has 3 N–H and O–H groups in total. The number of nitrogens with two attached hydrogens (primary N) is 1. The average Bonchev–Trinajstić information content (AvgIpc) is 3.46. The Morgan fingerprint density at radius 3 is 2.54 bits per heavy atom. The second-order valence-corrected chi connectivity index (χ2v) is 12.0. The molecule has 12 nitrogen and oxygen atoms in total. The highest BCUT2D eigenvalue weighted by Gasteiger charge is 2.38. The van der Waals surface area contributed by atoms with Gasteiger partial charge in [-0.3, -0.25) is 9.59 Å². The Hall–Kier alpha value is -4.28. The van der Waals surface area contributed by atoms with Crippen molar-refractivity contribution in [2.75, 3.05) is 25.0 Å². The van der Waals surface area contributed by atoms with Crippen molar-refractivity contribution in [1.29, 1.82) is 5.26 Å². The number of primary sulfonamides is 1. The van der Waals surface area contributed by atoms with E-state index in [1.165, 1.54) is 21.9 Å². The van der Waals surface area contributed by atoms with Crippen LogP contribution in [0.15, 0.2) is 53.2 Å². The first-order valence-electron chi connectivity index (χ1n) is 12.0. The third kappa shape index (κ3) is 6.24. The third-order valence-electron chi connectivity index (χ3n) is 6.40. The Kier molecular flexibility index (Phi) is 7.45. The molecule has 1 fully saturated rings. The maximum Gasteiger partial charge on any atom is 0.410 e. The number of hydrogen-bond donors (Lipinski definition) is 2. The first-order chi connectivity index (χ1) is 18.3. The van der Waals surface area contributed by atoms with Crippen molar-refractivity contribution >= 4 is 33.6 Å². The van der Waals surface area contributed by atoms with Crippen molar-refractivity contribution in [2.45, 2.75) is 32.3 Å². The smallest absolute Gasteiger partial charge is 0.410 e. The number of nitrogens with zero attached hydrogens (tertiary/aromatic N) is 4. The Bertz CT molecular complexity index is 1500. The Morgan fingerprint density at radius 1 is 1.21 bits per heavy atom. The Balaban J connectivity index is 1.37. The molecule has 0 unspecified atom stereocenters. The molecule has 1 saturated heterocycles. The van der Waals surface area contributed by atoms with Crippen LogP contribution in [0.3, 0.4) is 0 Å². The van der Waals surface area contributed by atoms with Gasteiger partial charge in [-0.05, 0) is 29.8 Å². The summed E-state index contributed by atoms with van der Waals surface area (Å²) in [6.45, 7) is 6.18. The van der Waals surface area contributed by atoms with E-state index in [0.29, 0.717) is 29.9 Å². The molecule has 1 aromatic carbocycles. The number of likely N-dealkylation sites (tertiary alicyclic amines) is 1. The number of rotatable bonds is 5. The molecule has 0 aliphatic carbocycles. The summed E-state index contributed by atoms with van der Waals surface area (Å²) in [4.78, 5) is 44.9. The fourth-order valence-corrected chi connectivity index (χ4v) is 4.60. The molecule has 0 radical (unpaired) electrons. The van der Waals surface area contributed by atoms with Gasteiger partial charge in [-0.15, -0.1) is 0 Å². The van der Waals surface area contributed by atoms with Crippen LogP contribution in [0.25, 0.3) is 0 Å². The molecule has 3 amide bonds. The summed E-state index contributed by atoms with van der Waals surface area (Å²) in [5.74, 6) is -0.696. The topological polar surface area (TPSA) is 176 Å². The Labute approximate surface area is 226 Å². The van der Waals surface area contributed by atoms with Crippen LogP contribution >= 0.6 is 0 Å².